The molecule has 3 atom stereocenters. The molecule has 3 rings (SSSR count). The van der Waals surface area contributed by atoms with Crippen LogP contribution in [0.5, 0.6) is 0 Å². The van der Waals surface area contributed by atoms with E-state index in [1.54, 1.807) is 6.92 Å². The summed E-state index contributed by atoms with van der Waals surface area (Å²) >= 11 is 0. The first-order chi connectivity index (χ1) is 16.2. The van der Waals surface area contributed by atoms with E-state index in [9.17, 15) is 24.0 Å². The van der Waals surface area contributed by atoms with Gasteiger partial charge in [0.25, 0.3) is 11.5 Å². The number of amides is 3. The number of hydrogen-bond donors (Lipinski definition) is 4. The lowest BCUT2D eigenvalue weighted by Gasteiger charge is -2.21. The predicted octanol–water partition coefficient (Wildman–Crippen LogP) is 0.610. The molecule has 0 bridgehead atoms. The molecular formula is C22H25N5O7. The number of rotatable bonds is 9. The molecule has 2 aromatic rings. The molecular weight excluding hydrogens is 446 g/mol. The maximum atomic E-state index is 12.9. The molecule has 0 radical (unpaired) electrons. The number of carboxylic acid groups (broad SMARTS) is 1. The molecule has 0 saturated carbocycles. The average molecular weight is 471 g/mol. The number of carbonyl (C=O) groups excluding carboxylic acids is 3. The first-order valence-corrected chi connectivity index (χ1v) is 10.6. The summed E-state index contributed by atoms with van der Waals surface area (Å²) < 4.78 is 6.00. The van der Waals surface area contributed by atoms with Gasteiger partial charge in [-0.1, -0.05) is 11.2 Å². The summed E-state index contributed by atoms with van der Waals surface area (Å²) in [5, 5.41) is 20.4. The van der Waals surface area contributed by atoms with Crippen LogP contribution in [0, 0.1) is 12.8 Å². The van der Waals surface area contributed by atoms with Crippen molar-refractivity contribution in [3.8, 4) is 0 Å². The Morgan fingerprint density at radius 3 is 2.76 bits per heavy atom. The zero-order valence-electron chi connectivity index (χ0n) is 18.6. The number of nitrogens with one attached hydrogen (secondary N) is 3. The highest BCUT2D eigenvalue weighted by molar-refractivity contribution is 6.02. The van der Waals surface area contributed by atoms with E-state index in [1.165, 1.54) is 37.4 Å². The van der Waals surface area contributed by atoms with Crippen molar-refractivity contribution in [2.75, 3.05) is 11.9 Å². The van der Waals surface area contributed by atoms with E-state index < -0.39 is 35.4 Å². The molecule has 0 aliphatic carbocycles. The monoisotopic (exact) mass is 471 g/mol. The van der Waals surface area contributed by atoms with Gasteiger partial charge in [-0.15, -0.1) is 0 Å². The maximum absolute atomic E-state index is 12.9. The second kappa shape index (κ2) is 10.6. The molecule has 0 aromatic carbocycles. The summed E-state index contributed by atoms with van der Waals surface area (Å²) in [6.45, 7) is 3.63. The largest absolute Gasteiger partial charge is 0.478 e. The minimum absolute atomic E-state index is 0.00195. The molecule has 180 valence electrons. The van der Waals surface area contributed by atoms with E-state index in [-0.39, 0.29) is 29.6 Å². The molecule has 4 N–H and O–H groups in total. The summed E-state index contributed by atoms with van der Waals surface area (Å²) in [5.74, 6) is -2.47. The number of aryl methyl sites for hydroxylation is 1. The van der Waals surface area contributed by atoms with E-state index in [4.69, 9.17) is 9.63 Å². The van der Waals surface area contributed by atoms with E-state index >= 15 is 0 Å². The van der Waals surface area contributed by atoms with E-state index in [1.807, 2.05) is 0 Å². The molecule has 12 nitrogen and oxygen atoms in total. The molecule has 0 spiro atoms. The van der Waals surface area contributed by atoms with Crippen LogP contribution in [0.4, 0.5) is 5.69 Å². The Morgan fingerprint density at radius 2 is 2.15 bits per heavy atom. The molecule has 34 heavy (non-hydrogen) atoms. The zero-order valence-corrected chi connectivity index (χ0v) is 18.6. The highest BCUT2D eigenvalue weighted by Gasteiger charge is 2.28. The lowest BCUT2D eigenvalue weighted by molar-refractivity contribution is -0.131. The van der Waals surface area contributed by atoms with Gasteiger partial charge in [0.2, 0.25) is 11.8 Å². The normalized spacial score (nSPS) is 17.2. The van der Waals surface area contributed by atoms with Crippen molar-refractivity contribution in [1.29, 1.82) is 0 Å². The second-order valence-corrected chi connectivity index (χ2v) is 7.91. The Balaban J connectivity index is 1.74. The van der Waals surface area contributed by atoms with Crippen molar-refractivity contribution in [3.05, 3.63) is 58.4 Å². The molecule has 12 heteroatoms. The van der Waals surface area contributed by atoms with Crippen molar-refractivity contribution in [2.24, 2.45) is 5.92 Å². The van der Waals surface area contributed by atoms with Crippen molar-refractivity contribution < 1.29 is 28.8 Å². The molecule has 1 saturated heterocycles. The first kappa shape index (κ1) is 24.4. The Hall–Kier alpha value is -4.22. The third-order valence-corrected chi connectivity index (χ3v) is 5.38. The minimum atomic E-state index is -1.19. The third kappa shape index (κ3) is 5.97. The lowest BCUT2D eigenvalue weighted by Crippen LogP contribution is -2.42. The van der Waals surface area contributed by atoms with Crippen LogP contribution in [0.25, 0.3) is 0 Å². The van der Waals surface area contributed by atoms with Gasteiger partial charge in [0.15, 0.2) is 5.69 Å². The van der Waals surface area contributed by atoms with Gasteiger partial charge in [-0.3, -0.25) is 19.2 Å². The van der Waals surface area contributed by atoms with Gasteiger partial charge in [0, 0.05) is 36.8 Å². The van der Waals surface area contributed by atoms with Gasteiger partial charge >= 0.3 is 5.97 Å². The molecule has 3 heterocycles. The summed E-state index contributed by atoms with van der Waals surface area (Å²) in [5.41, 5.74) is -0.675. The summed E-state index contributed by atoms with van der Waals surface area (Å²) in [6.07, 6.45) is 4.40. The molecule has 1 aliphatic heterocycles. The number of nitrogens with zero attached hydrogens (tertiary/aromatic N) is 2. The fraction of sp³-hybridized carbons (Fsp3) is 0.364. The fourth-order valence-corrected chi connectivity index (χ4v) is 3.56. The summed E-state index contributed by atoms with van der Waals surface area (Å²) in [7, 11) is 0. The predicted molar refractivity (Wildman–Crippen MR) is 119 cm³/mol. The molecule has 1 aliphatic rings. The summed E-state index contributed by atoms with van der Waals surface area (Å²) in [4.78, 5) is 61.0. The van der Waals surface area contributed by atoms with Gasteiger partial charge in [0.05, 0.1) is 0 Å². The Kier molecular flexibility index (Phi) is 7.61. The highest BCUT2D eigenvalue weighted by atomic mass is 16.5. The Bertz CT molecular complexity index is 1180. The van der Waals surface area contributed by atoms with Crippen LogP contribution in [-0.2, 0) is 14.4 Å². The van der Waals surface area contributed by atoms with Crippen LogP contribution in [0.2, 0.25) is 0 Å². The second-order valence-electron chi connectivity index (χ2n) is 7.91. The quantitative estimate of drug-likeness (QED) is 0.385. The van der Waals surface area contributed by atoms with Crippen LogP contribution in [-0.4, -0.2) is 51.1 Å². The SMILES string of the molecule is Cc1cc(C(=O)Nc2cccn([C@@H](C)C(=O)N[C@H](/C=C/C(=O)O)C[C@@H]3CCNC3=O)c2=O)no1. The Labute approximate surface area is 194 Å². The highest BCUT2D eigenvalue weighted by Crippen LogP contribution is 2.18. The number of hydrogen-bond acceptors (Lipinski definition) is 7. The number of carbonyl (C=O) groups is 4. The van der Waals surface area contributed by atoms with Gasteiger partial charge in [-0.2, -0.15) is 0 Å². The van der Waals surface area contributed by atoms with Crippen molar-refractivity contribution >= 4 is 29.4 Å². The first-order valence-electron chi connectivity index (χ1n) is 10.6. The summed E-state index contributed by atoms with van der Waals surface area (Å²) in [6, 6.07) is 2.60. The molecule has 0 unspecified atom stereocenters. The van der Waals surface area contributed by atoms with Crippen molar-refractivity contribution in [1.82, 2.24) is 20.4 Å². The van der Waals surface area contributed by atoms with Crippen LogP contribution in [0.15, 0.2) is 45.9 Å². The molecule has 3 amide bonds. The maximum Gasteiger partial charge on any atom is 0.328 e. The minimum Gasteiger partial charge on any atom is -0.478 e. The topological polar surface area (TPSA) is 173 Å². The van der Waals surface area contributed by atoms with Gasteiger partial charge in [-0.05, 0) is 38.8 Å². The van der Waals surface area contributed by atoms with E-state index in [0.29, 0.717) is 18.7 Å². The average Bonchev–Trinajstić information content (AvgIpc) is 3.41. The Morgan fingerprint density at radius 1 is 1.38 bits per heavy atom. The number of pyridine rings is 1. The fourth-order valence-electron chi connectivity index (χ4n) is 3.56. The molecule has 1 fully saturated rings. The van der Waals surface area contributed by atoms with E-state index in [0.717, 1.165) is 10.6 Å². The zero-order chi connectivity index (χ0) is 24.8. The van der Waals surface area contributed by atoms with Crippen LogP contribution in [0.3, 0.4) is 0 Å². The van der Waals surface area contributed by atoms with E-state index in [2.05, 4.69) is 21.1 Å². The molecule has 2 aromatic heterocycles. The van der Waals surface area contributed by atoms with Gasteiger partial charge in [-0.25, -0.2) is 4.79 Å². The lowest BCUT2D eigenvalue weighted by atomic mass is 9.97. The van der Waals surface area contributed by atoms with Crippen LogP contribution >= 0.6 is 0 Å². The third-order valence-electron chi connectivity index (χ3n) is 5.38. The number of aliphatic carboxylic acids is 1. The van der Waals surface area contributed by atoms with Gasteiger partial charge in [0.1, 0.15) is 17.5 Å². The van der Waals surface area contributed by atoms with Crippen LogP contribution < -0.4 is 21.5 Å². The van der Waals surface area contributed by atoms with Crippen LogP contribution in [0.1, 0.15) is 42.1 Å². The smallest absolute Gasteiger partial charge is 0.328 e. The van der Waals surface area contributed by atoms with Crippen molar-refractivity contribution in [3.63, 3.8) is 0 Å². The number of anilines is 1. The number of carboxylic acids is 1. The standard InChI is InChI=1S/C22H25N5O7/c1-12-10-17(26-34-12)21(32)25-16-4-3-9-27(22(16)33)13(2)19(30)24-15(5-6-18(28)29)11-14-7-8-23-20(14)31/h3-6,9-10,13-15H,7-8,11H2,1-2H3,(H,23,31)(H,24,30)(H,25,32)(H,28,29)/b6-5+/t13-,14-,15+/m0/s1. The number of aromatic nitrogens is 2. The van der Waals surface area contributed by atoms with Crippen molar-refractivity contribution in [2.45, 2.75) is 38.8 Å². The van der Waals surface area contributed by atoms with Gasteiger partial charge < -0.3 is 30.1 Å².